The number of carbonyl (C=O) groups is 1. The largest absolute Gasteiger partial charge is 0.495 e. The van der Waals surface area contributed by atoms with Crippen LogP contribution in [0.1, 0.15) is 68.6 Å². The molecule has 0 aromatic heterocycles. The number of nitrogens with one attached hydrogen (secondary N) is 2. The maximum atomic E-state index is 12.9. The lowest BCUT2D eigenvalue weighted by Gasteiger charge is -2.28. The normalized spacial score (nSPS) is 27.9. The van der Waals surface area contributed by atoms with Gasteiger partial charge in [0.15, 0.2) is 0 Å². The average molecular weight is 421 g/mol. The Morgan fingerprint density at radius 1 is 1.14 bits per heavy atom. The number of hydrogen-bond donors (Lipinski definition) is 2. The maximum absolute atomic E-state index is 12.9. The van der Waals surface area contributed by atoms with Crippen LogP contribution in [0.5, 0.6) is 5.75 Å². The lowest BCUT2D eigenvalue weighted by atomic mass is 9.84. The minimum Gasteiger partial charge on any atom is -0.495 e. The number of rotatable bonds is 7. The SMILES string of the molecule is COc1ccc(C(=O)NC(C)C2CC3CCC2C3)cc1S(=O)(=O)NC1CCCC1. The van der Waals surface area contributed by atoms with Crippen molar-refractivity contribution >= 4 is 15.9 Å². The van der Waals surface area contributed by atoms with E-state index < -0.39 is 10.0 Å². The van der Waals surface area contributed by atoms with Crippen molar-refractivity contribution in [3.05, 3.63) is 23.8 Å². The molecule has 0 radical (unpaired) electrons. The molecule has 1 aromatic carbocycles. The molecule has 7 heteroatoms. The molecular weight excluding hydrogens is 388 g/mol. The minimum absolute atomic E-state index is 0.0344. The summed E-state index contributed by atoms with van der Waals surface area (Å²) < 4.78 is 33.9. The molecule has 6 nitrogen and oxygen atoms in total. The van der Waals surface area contributed by atoms with E-state index in [0.29, 0.717) is 11.5 Å². The van der Waals surface area contributed by atoms with E-state index in [-0.39, 0.29) is 28.6 Å². The quantitative estimate of drug-likeness (QED) is 0.707. The molecule has 3 aliphatic rings. The Bertz CT molecular complexity index is 864. The Morgan fingerprint density at radius 3 is 2.52 bits per heavy atom. The van der Waals surface area contributed by atoms with Gasteiger partial charge in [0.2, 0.25) is 10.0 Å². The molecule has 3 saturated carbocycles. The third kappa shape index (κ3) is 4.31. The van der Waals surface area contributed by atoms with Crippen molar-refractivity contribution in [2.24, 2.45) is 17.8 Å². The summed E-state index contributed by atoms with van der Waals surface area (Å²) in [6.07, 6.45) is 8.86. The Balaban J connectivity index is 1.50. The van der Waals surface area contributed by atoms with Crippen LogP contribution in [0.2, 0.25) is 0 Å². The molecule has 3 aliphatic carbocycles. The molecule has 0 aliphatic heterocycles. The number of carbonyl (C=O) groups excluding carboxylic acids is 1. The van der Waals surface area contributed by atoms with Crippen molar-refractivity contribution in [2.45, 2.75) is 75.3 Å². The van der Waals surface area contributed by atoms with Crippen LogP contribution in [0.15, 0.2) is 23.1 Å². The van der Waals surface area contributed by atoms with Crippen LogP contribution in [-0.4, -0.2) is 33.5 Å². The molecule has 0 heterocycles. The van der Waals surface area contributed by atoms with E-state index in [1.54, 1.807) is 12.1 Å². The monoisotopic (exact) mass is 420 g/mol. The predicted molar refractivity (Wildman–Crippen MR) is 111 cm³/mol. The smallest absolute Gasteiger partial charge is 0.251 e. The van der Waals surface area contributed by atoms with Crippen LogP contribution in [0.25, 0.3) is 0 Å². The minimum atomic E-state index is -3.75. The molecule has 1 aromatic rings. The van der Waals surface area contributed by atoms with Gasteiger partial charge < -0.3 is 10.1 Å². The first kappa shape index (κ1) is 20.7. The number of ether oxygens (including phenoxy) is 1. The number of amides is 1. The number of fused-ring (bicyclic) bond motifs is 2. The van der Waals surface area contributed by atoms with Gasteiger partial charge in [-0.3, -0.25) is 4.79 Å². The van der Waals surface area contributed by atoms with Gasteiger partial charge in [0.25, 0.3) is 5.91 Å². The van der Waals surface area contributed by atoms with Crippen LogP contribution in [0.4, 0.5) is 0 Å². The van der Waals surface area contributed by atoms with E-state index in [2.05, 4.69) is 17.0 Å². The number of sulfonamides is 1. The highest BCUT2D eigenvalue weighted by atomic mass is 32.2. The Kier molecular flexibility index (Phi) is 5.89. The van der Waals surface area contributed by atoms with Crippen molar-refractivity contribution in [1.82, 2.24) is 10.0 Å². The number of benzene rings is 1. The Morgan fingerprint density at radius 2 is 1.90 bits per heavy atom. The fourth-order valence-corrected chi connectivity index (χ4v) is 7.16. The van der Waals surface area contributed by atoms with Gasteiger partial charge in [-0.1, -0.05) is 19.3 Å². The molecule has 2 N–H and O–H groups in total. The van der Waals surface area contributed by atoms with Crippen molar-refractivity contribution < 1.29 is 17.9 Å². The summed E-state index contributed by atoms with van der Waals surface area (Å²) in [5.74, 6) is 2.11. The van der Waals surface area contributed by atoms with Crippen molar-refractivity contribution in [2.75, 3.05) is 7.11 Å². The third-order valence-electron chi connectivity index (χ3n) is 7.19. The van der Waals surface area contributed by atoms with Crippen molar-refractivity contribution in [1.29, 1.82) is 0 Å². The van der Waals surface area contributed by atoms with E-state index in [4.69, 9.17) is 4.74 Å². The summed E-state index contributed by atoms with van der Waals surface area (Å²) in [6.45, 7) is 2.08. The van der Waals surface area contributed by atoms with Crippen LogP contribution >= 0.6 is 0 Å². The zero-order valence-electron chi connectivity index (χ0n) is 17.3. The highest BCUT2D eigenvalue weighted by Crippen LogP contribution is 2.49. The summed E-state index contributed by atoms with van der Waals surface area (Å²) in [6, 6.07) is 4.70. The summed E-state index contributed by atoms with van der Waals surface area (Å²) >= 11 is 0. The van der Waals surface area contributed by atoms with E-state index in [9.17, 15) is 13.2 Å². The zero-order valence-corrected chi connectivity index (χ0v) is 18.1. The van der Waals surface area contributed by atoms with E-state index in [1.165, 1.54) is 38.9 Å². The van der Waals surface area contributed by atoms with Crippen LogP contribution < -0.4 is 14.8 Å². The topological polar surface area (TPSA) is 84.5 Å². The summed E-state index contributed by atoms with van der Waals surface area (Å²) in [7, 11) is -2.30. The van der Waals surface area contributed by atoms with Gasteiger partial charge in [-0.2, -0.15) is 0 Å². The first-order valence-corrected chi connectivity index (χ1v) is 12.4. The maximum Gasteiger partial charge on any atom is 0.251 e. The second-order valence-electron chi connectivity index (χ2n) is 9.07. The van der Waals surface area contributed by atoms with Gasteiger partial charge in [-0.25, -0.2) is 13.1 Å². The Hall–Kier alpha value is -1.60. The standard InChI is InChI=1S/C22H32N2O4S/c1-14(19-12-15-7-8-16(19)11-15)23-22(25)17-9-10-20(28-2)21(13-17)29(26,27)24-18-5-3-4-6-18/h9-10,13-16,18-19,24H,3-8,11-12H2,1-2H3,(H,23,25). The molecule has 4 unspecified atom stereocenters. The molecule has 4 atom stereocenters. The Labute approximate surface area is 173 Å². The first-order valence-electron chi connectivity index (χ1n) is 10.9. The lowest BCUT2D eigenvalue weighted by molar-refractivity contribution is 0.0915. The molecule has 1 amide bonds. The van der Waals surface area contributed by atoms with Crippen molar-refractivity contribution in [3.8, 4) is 5.75 Å². The average Bonchev–Trinajstić information content (AvgIpc) is 3.45. The fraction of sp³-hybridized carbons (Fsp3) is 0.682. The van der Waals surface area contributed by atoms with Gasteiger partial charge >= 0.3 is 0 Å². The molecule has 3 fully saturated rings. The van der Waals surface area contributed by atoms with Crippen LogP contribution in [0, 0.1) is 17.8 Å². The summed E-state index contributed by atoms with van der Waals surface area (Å²) in [5, 5.41) is 3.12. The van der Waals surface area contributed by atoms with Crippen LogP contribution in [-0.2, 0) is 10.0 Å². The van der Waals surface area contributed by atoms with E-state index >= 15 is 0 Å². The number of methoxy groups -OCH3 is 1. The second kappa shape index (κ2) is 8.26. The van der Waals surface area contributed by atoms with Crippen molar-refractivity contribution in [3.63, 3.8) is 0 Å². The molecule has 2 bridgehead atoms. The van der Waals surface area contributed by atoms with E-state index in [0.717, 1.165) is 37.5 Å². The zero-order chi connectivity index (χ0) is 20.6. The third-order valence-corrected chi connectivity index (χ3v) is 8.73. The number of hydrogen-bond acceptors (Lipinski definition) is 4. The van der Waals surface area contributed by atoms with Gasteiger partial charge in [-0.15, -0.1) is 0 Å². The van der Waals surface area contributed by atoms with E-state index in [1.807, 2.05) is 0 Å². The summed E-state index contributed by atoms with van der Waals surface area (Å²) in [4.78, 5) is 12.9. The highest BCUT2D eigenvalue weighted by molar-refractivity contribution is 7.89. The molecule has 0 spiro atoms. The van der Waals surface area contributed by atoms with Gasteiger partial charge in [0.05, 0.1) is 7.11 Å². The lowest BCUT2D eigenvalue weighted by Crippen LogP contribution is -2.40. The second-order valence-corrected chi connectivity index (χ2v) is 10.8. The van der Waals surface area contributed by atoms with Gasteiger partial charge in [0, 0.05) is 17.6 Å². The molecule has 0 saturated heterocycles. The van der Waals surface area contributed by atoms with Crippen LogP contribution in [0.3, 0.4) is 0 Å². The highest BCUT2D eigenvalue weighted by Gasteiger charge is 2.42. The molecule has 29 heavy (non-hydrogen) atoms. The fourth-order valence-electron chi connectivity index (χ4n) is 5.66. The van der Waals surface area contributed by atoms with Gasteiger partial charge in [0.1, 0.15) is 10.6 Å². The molecule has 160 valence electrons. The predicted octanol–water partition coefficient (Wildman–Crippen LogP) is 3.47. The molecule has 4 rings (SSSR count). The summed E-state index contributed by atoms with van der Waals surface area (Å²) in [5.41, 5.74) is 0.354. The molecular formula is C22H32N2O4S. The first-order chi connectivity index (χ1) is 13.9. The van der Waals surface area contributed by atoms with Gasteiger partial charge in [-0.05, 0) is 75.0 Å².